The number of methoxy groups -OCH3 is 1. The fraction of sp³-hybridized carbons (Fsp3) is 0.733. The van der Waals surface area contributed by atoms with Crippen molar-refractivity contribution in [3.05, 3.63) is 12.2 Å². The van der Waals surface area contributed by atoms with Gasteiger partial charge in [0, 0.05) is 13.5 Å². The van der Waals surface area contributed by atoms with Crippen LogP contribution in [0.3, 0.4) is 0 Å². The Hall–Kier alpha value is -1.24. The fourth-order valence-corrected chi connectivity index (χ4v) is 2.47. The fourth-order valence-electron chi connectivity index (χ4n) is 2.47. The Morgan fingerprint density at radius 2 is 2.14 bits per heavy atom. The molecular formula is C15H24O6. The molecule has 2 N–H and O–H groups in total. The number of carbonyl (C=O) groups excluding carboxylic acids is 1. The van der Waals surface area contributed by atoms with Crippen molar-refractivity contribution in [3.63, 3.8) is 0 Å². The Morgan fingerprint density at radius 1 is 1.43 bits per heavy atom. The smallest absolute Gasteiger partial charge is 0.303 e. The van der Waals surface area contributed by atoms with Gasteiger partial charge in [-0.15, -0.1) is 0 Å². The second-order valence-electron chi connectivity index (χ2n) is 5.26. The molecule has 0 aromatic heterocycles. The minimum atomic E-state index is -1.35. The van der Waals surface area contributed by atoms with Crippen molar-refractivity contribution < 1.29 is 29.3 Å². The minimum absolute atomic E-state index is 0.0137. The van der Waals surface area contributed by atoms with Gasteiger partial charge in [0.2, 0.25) is 0 Å². The number of unbranched alkanes of at least 4 members (excludes halogenated alkanes) is 2. The van der Waals surface area contributed by atoms with Crippen LogP contribution in [0.15, 0.2) is 12.2 Å². The second-order valence-corrected chi connectivity index (χ2v) is 5.26. The average molecular weight is 300 g/mol. The number of aliphatic carboxylic acids is 1. The van der Waals surface area contributed by atoms with E-state index in [9.17, 15) is 14.7 Å². The highest BCUT2D eigenvalue weighted by Gasteiger charge is 2.49. The highest BCUT2D eigenvalue weighted by atomic mass is 16.7. The number of aliphatic hydroxyl groups is 1. The molecule has 120 valence electrons. The zero-order chi connectivity index (χ0) is 15.9. The summed E-state index contributed by atoms with van der Waals surface area (Å²) in [6.07, 6.45) is 4.88. The van der Waals surface area contributed by atoms with Crippen molar-refractivity contribution in [1.29, 1.82) is 0 Å². The molecular weight excluding hydrogens is 276 g/mol. The summed E-state index contributed by atoms with van der Waals surface area (Å²) >= 11 is 0. The number of carboxylic acid groups (broad SMARTS) is 1. The SMILES string of the molecule is CCCCCC(=O)C=C[C@]1(OC)OC[C@@H](O)[C@H]1CC(=O)O. The van der Waals surface area contributed by atoms with Crippen LogP contribution in [0.1, 0.15) is 39.0 Å². The van der Waals surface area contributed by atoms with Gasteiger partial charge < -0.3 is 19.7 Å². The number of hydrogen-bond donors (Lipinski definition) is 2. The van der Waals surface area contributed by atoms with Crippen LogP contribution in [-0.4, -0.2) is 47.6 Å². The van der Waals surface area contributed by atoms with Gasteiger partial charge in [0.05, 0.1) is 25.0 Å². The first-order chi connectivity index (χ1) is 9.95. The summed E-state index contributed by atoms with van der Waals surface area (Å²) in [5.74, 6) is -3.19. The predicted octanol–water partition coefficient (Wildman–Crippen LogP) is 1.52. The number of carbonyl (C=O) groups is 2. The molecule has 0 aliphatic carbocycles. The number of ether oxygens (including phenoxy) is 2. The van der Waals surface area contributed by atoms with E-state index < -0.39 is 23.8 Å². The number of hydrogen-bond acceptors (Lipinski definition) is 5. The standard InChI is InChI=1S/C15H24O6/c1-3-4-5-6-11(16)7-8-15(20-2)12(9-14(18)19)13(17)10-21-15/h7-8,12-13,17H,3-6,9-10H2,1-2H3,(H,18,19)/t12-,13-,15+/m1/s1. The van der Waals surface area contributed by atoms with Crippen LogP contribution >= 0.6 is 0 Å². The Bertz CT molecular complexity index is 392. The Balaban J connectivity index is 2.74. The summed E-state index contributed by atoms with van der Waals surface area (Å²) in [6, 6.07) is 0. The Morgan fingerprint density at radius 3 is 2.71 bits per heavy atom. The first-order valence-corrected chi connectivity index (χ1v) is 7.26. The lowest BCUT2D eigenvalue weighted by Gasteiger charge is -2.29. The largest absolute Gasteiger partial charge is 0.481 e. The topological polar surface area (TPSA) is 93.1 Å². The van der Waals surface area contributed by atoms with Crippen LogP contribution in [0.2, 0.25) is 0 Å². The third-order valence-corrected chi connectivity index (χ3v) is 3.70. The number of allylic oxidation sites excluding steroid dienone is 1. The van der Waals surface area contributed by atoms with Crippen LogP contribution in [-0.2, 0) is 19.1 Å². The van der Waals surface area contributed by atoms with Gasteiger partial charge in [0.15, 0.2) is 11.6 Å². The summed E-state index contributed by atoms with van der Waals surface area (Å²) in [6.45, 7) is 2.05. The van der Waals surface area contributed by atoms with Gasteiger partial charge in [-0.05, 0) is 18.6 Å². The maximum absolute atomic E-state index is 11.8. The molecule has 6 heteroatoms. The lowest BCUT2D eigenvalue weighted by Crippen LogP contribution is -2.39. The molecule has 0 amide bonds. The maximum Gasteiger partial charge on any atom is 0.303 e. The van der Waals surface area contributed by atoms with Gasteiger partial charge in [-0.1, -0.05) is 19.8 Å². The highest BCUT2D eigenvalue weighted by molar-refractivity contribution is 5.89. The van der Waals surface area contributed by atoms with Gasteiger partial charge in [-0.2, -0.15) is 0 Å². The number of carboxylic acids is 1. The monoisotopic (exact) mass is 300 g/mol. The lowest BCUT2D eigenvalue weighted by molar-refractivity contribution is -0.184. The predicted molar refractivity (Wildman–Crippen MR) is 75.7 cm³/mol. The van der Waals surface area contributed by atoms with Gasteiger partial charge in [-0.25, -0.2) is 0 Å². The van der Waals surface area contributed by atoms with E-state index in [0.29, 0.717) is 6.42 Å². The van der Waals surface area contributed by atoms with E-state index in [1.165, 1.54) is 19.3 Å². The van der Waals surface area contributed by atoms with E-state index in [0.717, 1.165) is 19.3 Å². The van der Waals surface area contributed by atoms with Crippen LogP contribution in [0.5, 0.6) is 0 Å². The summed E-state index contributed by atoms with van der Waals surface area (Å²) < 4.78 is 10.7. The summed E-state index contributed by atoms with van der Waals surface area (Å²) in [7, 11) is 1.37. The molecule has 1 saturated heterocycles. The Kier molecular flexibility index (Phi) is 7.01. The van der Waals surface area contributed by atoms with Crippen molar-refractivity contribution in [2.75, 3.05) is 13.7 Å². The third-order valence-electron chi connectivity index (χ3n) is 3.70. The summed E-state index contributed by atoms with van der Waals surface area (Å²) in [5, 5.41) is 18.8. The number of rotatable bonds is 9. The van der Waals surface area contributed by atoms with Crippen LogP contribution in [0.25, 0.3) is 0 Å². The molecule has 3 atom stereocenters. The minimum Gasteiger partial charge on any atom is -0.481 e. The van der Waals surface area contributed by atoms with E-state index in [1.54, 1.807) is 0 Å². The number of ketones is 1. The maximum atomic E-state index is 11.8. The Labute approximate surface area is 124 Å². The summed E-state index contributed by atoms with van der Waals surface area (Å²) in [5.41, 5.74) is 0. The molecule has 0 spiro atoms. The average Bonchev–Trinajstić information content (AvgIpc) is 2.74. The molecule has 1 rings (SSSR count). The molecule has 6 nitrogen and oxygen atoms in total. The molecule has 1 aliphatic rings. The van der Waals surface area contributed by atoms with E-state index in [2.05, 4.69) is 6.92 Å². The molecule has 1 fully saturated rings. The third kappa shape index (κ3) is 4.91. The molecule has 21 heavy (non-hydrogen) atoms. The molecule has 0 aromatic rings. The molecule has 0 bridgehead atoms. The van der Waals surface area contributed by atoms with Gasteiger partial charge in [0.1, 0.15) is 0 Å². The van der Waals surface area contributed by atoms with Crippen LogP contribution in [0, 0.1) is 5.92 Å². The van der Waals surface area contributed by atoms with Crippen LogP contribution in [0.4, 0.5) is 0 Å². The molecule has 0 saturated carbocycles. The van der Waals surface area contributed by atoms with Crippen molar-refractivity contribution in [1.82, 2.24) is 0 Å². The number of aliphatic hydroxyl groups excluding tert-OH is 1. The molecule has 0 aromatic carbocycles. The molecule has 1 heterocycles. The van der Waals surface area contributed by atoms with E-state index in [4.69, 9.17) is 14.6 Å². The molecule has 1 aliphatic heterocycles. The van der Waals surface area contributed by atoms with Gasteiger partial charge in [-0.3, -0.25) is 9.59 Å². The highest BCUT2D eigenvalue weighted by Crippen LogP contribution is 2.37. The van der Waals surface area contributed by atoms with E-state index >= 15 is 0 Å². The van der Waals surface area contributed by atoms with Gasteiger partial charge in [0.25, 0.3) is 0 Å². The first-order valence-electron chi connectivity index (χ1n) is 7.26. The van der Waals surface area contributed by atoms with Crippen LogP contribution < -0.4 is 0 Å². The molecule has 0 radical (unpaired) electrons. The van der Waals surface area contributed by atoms with Crippen molar-refractivity contribution >= 4 is 11.8 Å². The zero-order valence-corrected chi connectivity index (χ0v) is 12.6. The first kappa shape index (κ1) is 17.8. The molecule has 0 unspecified atom stereocenters. The normalized spacial score (nSPS) is 29.1. The zero-order valence-electron chi connectivity index (χ0n) is 12.6. The van der Waals surface area contributed by atoms with Gasteiger partial charge >= 0.3 is 5.97 Å². The van der Waals surface area contributed by atoms with Crippen molar-refractivity contribution in [2.45, 2.75) is 50.9 Å². The van der Waals surface area contributed by atoms with E-state index in [-0.39, 0.29) is 18.8 Å². The summed E-state index contributed by atoms with van der Waals surface area (Å²) in [4.78, 5) is 22.7. The lowest BCUT2D eigenvalue weighted by atomic mass is 9.91. The quantitative estimate of drug-likeness (QED) is 0.495. The van der Waals surface area contributed by atoms with E-state index in [1.807, 2.05) is 0 Å². The second kappa shape index (κ2) is 8.26. The van der Waals surface area contributed by atoms with Crippen molar-refractivity contribution in [2.24, 2.45) is 5.92 Å². The van der Waals surface area contributed by atoms with Crippen molar-refractivity contribution in [3.8, 4) is 0 Å².